The number of guanidine groups is 1. The molecule has 1 atom stereocenters. The van der Waals surface area contributed by atoms with Crippen LogP contribution in [0.1, 0.15) is 34.8 Å². The van der Waals surface area contributed by atoms with Crippen LogP contribution in [0.3, 0.4) is 0 Å². The van der Waals surface area contributed by atoms with Gasteiger partial charge in [-0.25, -0.2) is 4.99 Å². The monoisotopic (exact) mass is 404 g/mol. The van der Waals surface area contributed by atoms with Crippen LogP contribution in [-0.4, -0.2) is 60.0 Å². The fraction of sp³-hybridized carbons (Fsp3) is 0.600. The first-order chi connectivity index (χ1) is 13.6. The summed E-state index contributed by atoms with van der Waals surface area (Å²) < 4.78 is 7.46. The van der Waals surface area contributed by atoms with Crippen molar-refractivity contribution < 1.29 is 4.74 Å². The number of morpholine rings is 1. The fourth-order valence-electron chi connectivity index (χ4n) is 3.52. The van der Waals surface area contributed by atoms with E-state index in [1.165, 1.54) is 16.1 Å². The molecule has 1 aliphatic heterocycles. The first-order valence-electron chi connectivity index (χ1n) is 9.96. The zero-order valence-electron chi connectivity index (χ0n) is 17.4. The van der Waals surface area contributed by atoms with E-state index in [2.05, 4.69) is 52.0 Å². The molecule has 2 aromatic heterocycles. The minimum Gasteiger partial charge on any atom is -0.379 e. The quantitative estimate of drug-likeness (QED) is 0.547. The van der Waals surface area contributed by atoms with Gasteiger partial charge in [0.2, 0.25) is 0 Å². The molecule has 28 heavy (non-hydrogen) atoms. The van der Waals surface area contributed by atoms with E-state index in [0.717, 1.165) is 51.0 Å². The van der Waals surface area contributed by atoms with Crippen LogP contribution in [-0.2, 0) is 18.3 Å². The largest absolute Gasteiger partial charge is 0.379 e. The molecule has 1 saturated heterocycles. The zero-order chi connectivity index (χ0) is 19.9. The van der Waals surface area contributed by atoms with E-state index in [1.54, 1.807) is 0 Å². The summed E-state index contributed by atoms with van der Waals surface area (Å²) in [5.41, 5.74) is 3.41. The molecule has 8 heteroatoms. The lowest BCUT2D eigenvalue weighted by Gasteiger charge is -2.34. The maximum atomic E-state index is 5.54. The third-order valence-corrected chi connectivity index (χ3v) is 6.19. The van der Waals surface area contributed by atoms with Gasteiger partial charge in [0, 0.05) is 49.4 Å². The SMILES string of the molecule is CCNC(=NCc1c(C)nn(C)c1C)NCC(c1cccs1)N1CCOCC1. The predicted molar refractivity (Wildman–Crippen MR) is 115 cm³/mol. The lowest BCUT2D eigenvalue weighted by molar-refractivity contribution is 0.0177. The van der Waals surface area contributed by atoms with E-state index >= 15 is 0 Å². The number of nitrogens with one attached hydrogen (secondary N) is 2. The molecule has 2 N–H and O–H groups in total. The molecule has 1 fully saturated rings. The Bertz CT molecular complexity index is 764. The van der Waals surface area contributed by atoms with Crippen LogP contribution in [0.25, 0.3) is 0 Å². The number of ether oxygens (including phenoxy) is 1. The third-order valence-electron chi connectivity index (χ3n) is 5.22. The second kappa shape index (κ2) is 10.0. The summed E-state index contributed by atoms with van der Waals surface area (Å²) in [7, 11) is 1.98. The highest BCUT2D eigenvalue weighted by molar-refractivity contribution is 7.10. The van der Waals surface area contributed by atoms with Gasteiger partial charge in [0.05, 0.1) is 31.5 Å². The average Bonchev–Trinajstić information content (AvgIpc) is 3.30. The van der Waals surface area contributed by atoms with Crippen molar-refractivity contribution in [2.24, 2.45) is 12.0 Å². The number of aromatic nitrogens is 2. The molecule has 2 aromatic rings. The van der Waals surface area contributed by atoms with Crippen molar-refractivity contribution in [2.45, 2.75) is 33.4 Å². The fourth-order valence-corrected chi connectivity index (χ4v) is 4.38. The number of aryl methyl sites for hydroxylation is 2. The molecule has 3 rings (SSSR count). The van der Waals surface area contributed by atoms with Gasteiger partial charge < -0.3 is 15.4 Å². The van der Waals surface area contributed by atoms with Crippen molar-refractivity contribution in [3.63, 3.8) is 0 Å². The van der Waals surface area contributed by atoms with E-state index in [4.69, 9.17) is 9.73 Å². The normalized spacial score (nSPS) is 16.9. The van der Waals surface area contributed by atoms with Crippen molar-refractivity contribution in [3.05, 3.63) is 39.3 Å². The zero-order valence-corrected chi connectivity index (χ0v) is 18.2. The van der Waals surface area contributed by atoms with Gasteiger partial charge in [-0.3, -0.25) is 9.58 Å². The molecule has 1 aliphatic rings. The van der Waals surface area contributed by atoms with E-state index < -0.39 is 0 Å². The predicted octanol–water partition coefficient (Wildman–Crippen LogP) is 2.23. The molecule has 1 unspecified atom stereocenters. The number of hydrogen-bond donors (Lipinski definition) is 2. The summed E-state index contributed by atoms with van der Waals surface area (Å²) in [5.74, 6) is 0.847. The highest BCUT2D eigenvalue weighted by Crippen LogP contribution is 2.25. The maximum absolute atomic E-state index is 5.54. The van der Waals surface area contributed by atoms with Crippen LogP contribution in [0.5, 0.6) is 0 Å². The molecule has 154 valence electrons. The highest BCUT2D eigenvalue weighted by atomic mass is 32.1. The molecule has 0 bridgehead atoms. The summed E-state index contributed by atoms with van der Waals surface area (Å²) in [6.07, 6.45) is 0. The van der Waals surface area contributed by atoms with Crippen LogP contribution >= 0.6 is 11.3 Å². The number of hydrogen-bond acceptors (Lipinski definition) is 5. The minimum atomic E-state index is 0.328. The Hall–Kier alpha value is -1.90. The van der Waals surface area contributed by atoms with E-state index in [1.807, 2.05) is 30.0 Å². The third kappa shape index (κ3) is 5.12. The Kier molecular flexibility index (Phi) is 7.47. The van der Waals surface area contributed by atoms with Gasteiger partial charge in [0.25, 0.3) is 0 Å². The van der Waals surface area contributed by atoms with Gasteiger partial charge in [0.15, 0.2) is 5.96 Å². The van der Waals surface area contributed by atoms with Gasteiger partial charge in [-0.1, -0.05) is 6.07 Å². The summed E-state index contributed by atoms with van der Waals surface area (Å²) in [5, 5.41) is 13.6. The van der Waals surface area contributed by atoms with Crippen LogP contribution in [0.15, 0.2) is 22.5 Å². The van der Waals surface area contributed by atoms with Gasteiger partial charge >= 0.3 is 0 Å². The van der Waals surface area contributed by atoms with Crippen molar-refractivity contribution >= 4 is 17.3 Å². The van der Waals surface area contributed by atoms with Gasteiger partial charge in [-0.05, 0) is 32.2 Å². The average molecular weight is 405 g/mol. The summed E-state index contributed by atoms with van der Waals surface area (Å²) in [4.78, 5) is 8.70. The highest BCUT2D eigenvalue weighted by Gasteiger charge is 2.23. The van der Waals surface area contributed by atoms with Gasteiger partial charge in [0.1, 0.15) is 0 Å². The standard InChI is InChI=1S/C20H32N6OS/c1-5-21-20(22-13-17-15(2)24-25(4)16(17)3)23-14-18(19-7-6-12-28-19)26-8-10-27-11-9-26/h6-7,12,18H,5,8-11,13-14H2,1-4H3,(H2,21,22,23). The van der Waals surface area contributed by atoms with Crippen molar-refractivity contribution in [3.8, 4) is 0 Å². The van der Waals surface area contributed by atoms with Crippen molar-refractivity contribution in [2.75, 3.05) is 39.4 Å². The molecule has 0 aliphatic carbocycles. The first kappa shape index (κ1) is 20.8. The number of thiophene rings is 1. The van der Waals surface area contributed by atoms with Crippen LogP contribution in [0.4, 0.5) is 0 Å². The van der Waals surface area contributed by atoms with Gasteiger partial charge in [-0.2, -0.15) is 5.10 Å². The molecule has 0 saturated carbocycles. The first-order valence-corrected chi connectivity index (χ1v) is 10.8. The smallest absolute Gasteiger partial charge is 0.191 e. The Morgan fingerprint density at radius 3 is 2.71 bits per heavy atom. The van der Waals surface area contributed by atoms with Crippen molar-refractivity contribution in [1.82, 2.24) is 25.3 Å². The van der Waals surface area contributed by atoms with E-state index in [9.17, 15) is 0 Å². The van der Waals surface area contributed by atoms with Crippen LogP contribution in [0, 0.1) is 13.8 Å². The number of nitrogens with zero attached hydrogens (tertiary/aromatic N) is 4. The molecule has 3 heterocycles. The Morgan fingerprint density at radius 2 is 2.11 bits per heavy atom. The molecule has 7 nitrogen and oxygen atoms in total. The molecule has 0 radical (unpaired) electrons. The summed E-state index contributed by atoms with van der Waals surface area (Å²) >= 11 is 1.81. The topological polar surface area (TPSA) is 66.7 Å². The molecular formula is C20H32N6OS. The number of rotatable bonds is 7. The summed E-state index contributed by atoms with van der Waals surface area (Å²) in [6, 6.07) is 4.68. The van der Waals surface area contributed by atoms with Crippen LogP contribution in [0.2, 0.25) is 0 Å². The summed E-state index contributed by atoms with van der Waals surface area (Å²) in [6.45, 7) is 12.0. The Balaban J connectivity index is 1.69. The van der Waals surface area contributed by atoms with Gasteiger partial charge in [-0.15, -0.1) is 11.3 Å². The van der Waals surface area contributed by atoms with E-state index in [-0.39, 0.29) is 0 Å². The lowest BCUT2D eigenvalue weighted by Crippen LogP contribution is -2.46. The molecule has 0 spiro atoms. The van der Waals surface area contributed by atoms with Crippen molar-refractivity contribution in [1.29, 1.82) is 0 Å². The Labute approximate surface area is 171 Å². The Morgan fingerprint density at radius 1 is 1.32 bits per heavy atom. The number of aliphatic imine (C=N–C) groups is 1. The second-order valence-corrected chi connectivity index (χ2v) is 8.01. The van der Waals surface area contributed by atoms with E-state index in [0.29, 0.717) is 12.6 Å². The molecular weight excluding hydrogens is 372 g/mol. The van der Waals surface area contributed by atoms with Crippen LogP contribution < -0.4 is 10.6 Å². The minimum absolute atomic E-state index is 0.328. The maximum Gasteiger partial charge on any atom is 0.191 e. The second-order valence-electron chi connectivity index (χ2n) is 7.03. The molecule has 0 aromatic carbocycles. The lowest BCUT2D eigenvalue weighted by atomic mass is 10.2. The molecule has 0 amide bonds.